The normalized spacial score (nSPS) is 17.0. The molecule has 0 spiro atoms. The van der Waals surface area contributed by atoms with Crippen LogP contribution in [0, 0.1) is 0 Å². The highest BCUT2D eigenvalue weighted by Gasteiger charge is 2.38. The summed E-state index contributed by atoms with van der Waals surface area (Å²) in [5, 5.41) is 9.11. The highest BCUT2D eigenvalue weighted by Crippen LogP contribution is 2.35. The van der Waals surface area contributed by atoms with Crippen LogP contribution in [0.25, 0.3) is 17.4 Å². The van der Waals surface area contributed by atoms with Gasteiger partial charge in [0.2, 0.25) is 0 Å². The maximum Gasteiger partial charge on any atom is 0.326 e. The van der Waals surface area contributed by atoms with Crippen molar-refractivity contribution >= 4 is 46.3 Å². The van der Waals surface area contributed by atoms with Gasteiger partial charge in [-0.25, -0.2) is 4.79 Å². The molecule has 1 aliphatic heterocycles. The largest absolute Gasteiger partial charge is 0.497 e. The number of ether oxygens (including phenoxy) is 1. The van der Waals surface area contributed by atoms with E-state index in [-0.39, 0.29) is 4.32 Å². The number of thiocarbonyl (C=S) groups is 1. The summed E-state index contributed by atoms with van der Waals surface area (Å²) in [5.74, 6) is 0.337. The molecule has 1 aliphatic rings. The van der Waals surface area contributed by atoms with E-state index in [2.05, 4.69) is 0 Å². The molecule has 1 atom stereocenters. The van der Waals surface area contributed by atoms with Gasteiger partial charge in [-0.3, -0.25) is 9.69 Å². The third-order valence-electron chi connectivity index (χ3n) is 3.84. The first-order valence-corrected chi connectivity index (χ1v) is 8.87. The number of methoxy groups -OCH3 is 1. The van der Waals surface area contributed by atoms with Gasteiger partial charge in [-0.05, 0) is 43.3 Å². The second-order valence-corrected chi connectivity index (χ2v) is 7.17. The first-order chi connectivity index (χ1) is 12.4. The third-order valence-corrected chi connectivity index (χ3v) is 5.17. The Morgan fingerprint density at radius 3 is 2.62 bits per heavy atom. The molecule has 1 aromatic heterocycles. The zero-order chi connectivity index (χ0) is 18.8. The summed E-state index contributed by atoms with van der Waals surface area (Å²) >= 11 is 6.19. The van der Waals surface area contributed by atoms with Crippen LogP contribution in [0.15, 0.2) is 45.7 Å². The van der Waals surface area contributed by atoms with Crippen LogP contribution in [0.4, 0.5) is 0 Å². The molecule has 1 amide bonds. The minimum absolute atomic E-state index is 0.220. The number of amides is 1. The van der Waals surface area contributed by atoms with E-state index in [1.807, 2.05) is 24.3 Å². The van der Waals surface area contributed by atoms with Crippen molar-refractivity contribution in [2.45, 2.75) is 13.0 Å². The molecule has 0 radical (unpaired) electrons. The average Bonchev–Trinajstić information content (AvgIpc) is 3.19. The number of carbonyl (C=O) groups excluding carboxylic acids is 1. The maximum absolute atomic E-state index is 12.4. The molecule has 0 bridgehead atoms. The van der Waals surface area contributed by atoms with Crippen LogP contribution in [0.2, 0.25) is 0 Å². The van der Waals surface area contributed by atoms with Crippen LogP contribution >= 0.6 is 24.0 Å². The van der Waals surface area contributed by atoms with Gasteiger partial charge in [0.15, 0.2) is 0 Å². The molecule has 1 aromatic carbocycles. The summed E-state index contributed by atoms with van der Waals surface area (Å²) in [4.78, 5) is 25.0. The number of carbonyl (C=O) groups is 2. The quantitative estimate of drug-likeness (QED) is 0.618. The van der Waals surface area contributed by atoms with Crippen LogP contribution in [-0.2, 0) is 9.59 Å². The molecule has 6 nitrogen and oxygen atoms in total. The standard InChI is InChI=1S/C18H15NO5S2/c1-10(17(21)22)19-16(20)15(26-18(19)25)9-13-7-8-14(24-13)11-3-5-12(23-2)6-4-11/h3-10H,1-2H3,(H,21,22)/b15-9-/t10-/m1/s1. The second-order valence-electron chi connectivity index (χ2n) is 5.50. The molecule has 8 heteroatoms. The van der Waals surface area contributed by atoms with Gasteiger partial charge in [0, 0.05) is 11.6 Å². The molecule has 26 heavy (non-hydrogen) atoms. The van der Waals surface area contributed by atoms with Gasteiger partial charge in [-0.1, -0.05) is 24.0 Å². The Hall–Kier alpha value is -2.58. The molecule has 1 N–H and O–H groups in total. The van der Waals surface area contributed by atoms with Crippen molar-refractivity contribution in [1.29, 1.82) is 0 Å². The predicted molar refractivity (Wildman–Crippen MR) is 103 cm³/mol. The first kappa shape index (κ1) is 18.2. The topological polar surface area (TPSA) is 80.0 Å². The fourth-order valence-corrected chi connectivity index (χ4v) is 3.79. The Morgan fingerprint density at radius 2 is 2.00 bits per heavy atom. The lowest BCUT2D eigenvalue weighted by Crippen LogP contribution is -2.41. The maximum atomic E-state index is 12.4. The molecule has 1 fully saturated rings. The highest BCUT2D eigenvalue weighted by atomic mass is 32.2. The van der Waals surface area contributed by atoms with Gasteiger partial charge >= 0.3 is 5.97 Å². The highest BCUT2D eigenvalue weighted by molar-refractivity contribution is 8.26. The van der Waals surface area contributed by atoms with Gasteiger partial charge < -0.3 is 14.3 Å². The zero-order valence-electron chi connectivity index (χ0n) is 14.0. The fraction of sp³-hybridized carbons (Fsp3) is 0.167. The molecular formula is C18H15NO5S2. The Balaban J connectivity index is 1.82. The number of aliphatic carboxylic acids is 1. The van der Waals surface area contributed by atoms with E-state index in [1.165, 1.54) is 6.92 Å². The van der Waals surface area contributed by atoms with Crippen LogP contribution in [0.3, 0.4) is 0 Å². The lowest BCUT2D eigenvalue weighted by molar-refractivity contribution is -0.144. The summed E-state index contributed by atoms with van der Waals surface area (Å²) in [7, 11) is 1.60. The van der Waals surface area contributed by atoms with Crippen molar-refractivity contribution in [2.75, 3.05) is 7.11 Å². The minimum atomic E-state index is -1.11. The molecule has 134 valence electrons. The van der Waals surface area contributed by atoms with E-state index < -0.39 is 17.9 Å². The monoisotopic (exact) mass is 389 g/mol. The van der Waals surface area contributed by atoms with E-state index in [9.17, 15) is 9.59 Å². The van der Waals surface area contributed by atoms with Gasteiger partial charge in [-0.15, -0.1) is 0 Å². The predicted octanol–water partition coefficient (Wildman–Crippen LogP) is 3.63. The lowest BCUT2D eigenvalue weighted by Gasteiger charge is -2.18. The number of carboxylic acids is 1. The molecule has 1 saturated heterocycles. The lowest BCUT2D eigenvalue weighted by atomic mass is 10.2. The molecule has 2 aromatic rings. The number of carboxylic acid groups (broad SMARTS) is 1. The van der Waals surface area contributed by atoms with E-state index in [1.54, 1.807) is 25.3 Å². The minimum Gasteiger partial charge on any atom is -0.497 e. The summed E-state index contributed by atoms with van der Waals surface area (Å²) in [6.45, 7) is 1.42. The van der Waals surface area contributed by atoms with Crippen molar-refractivity contribution in [1.82, 2.24) is 4.90 Å². The van der Waals surface area contributed by atoms with Gasteiger partial charge in [0.25, 0.3) is 5.91 Å². The van der Waals surface area contributed by atoms with Crippen LogP contribution < -0.4 is 4.74 Å². The molecule has 3 rings (SSSR count). The molecule has 2 heterocycles. The van der Waals surface area contributed by atoms with Crippen molar-refractivity contribution in [3.8, 4) is 17.1 Å². The zero-order valence-corrected chi connectivity index (χ0v) is 15.6. The number of rotatable bonds is 5. The number of nitrogens with zero attached hydrogens (tertiary/aromatic N) is 1. The molecule has 0 unspecified atom stereocenters. The summed E-state index contributed by atoms with van der Waals surface area (Å²) < 4.78 is 11.1. The number of thioether (sulfide) groups is 1. The summed E-state index contributed by atoms with van der Waals surface area (Å²) in [6.07, 6.45) is 1.57. The summed E-state index contributed by atoms with van der Waals surface area (Å²) in [6, 6.07) is 9.93. The number of benzene rings is 1. The SMILES string of the molecule is COc1ccc(-c2ccc(/C=C3\SC(=S)N([C@H](C)C(=O)O)C3=O)o2)cc1. The third kappa shape index (κ3) is 3.51. The Morgan fingerprint density at radius 1 is 1.31 bits per heavy atom. The van der Waals surface area contributed by atoms with E-state index in [4.69, 9.17) is 26.5 Å². The van der Waals surface area contributed by atoms with E-state index in [0.717, 1.165) is 28.0 Å². The van der Waals surface area contributed by atoms with Crippen LogP contribution in [0.1, 0.15) is 12.7 Å². The fourth-order valence-electron chi connectivity index (χ4n) is 2.39. The Bertz CT molecular complexity index is 901. The number of hydrogen-bond donors (Lipinski definition) is 1. The van der Waals surface area contributed by atoms with Crippen molar-refractivity contribution in [3.05, 3.63) is 47.1 Å². The Labute approximate surface area is 159 Å². The van der Waals surface area contributed by atoms with Gasteiger partial charge in [0.1, 0.15) is 27.6 Å². The van der Waals surface area contributed by atoms with E-state index >= 15 is 0 Å². The van der Waals surface area contributed by atoms with Crippen LogP contribution in [0.5, 0.6) is 5.75 Å². The Kier molecular flexibility index (Phi) is 5.15. The second kappa shape index (κ2) is 7.35. The average molecular weight is 389 g/mol. The van der Waals surface area contributed by atoms with E-state index in [0.29, 0.717) is 16.4 Å². The number of furan rings is 1. The van der Waals surface area contributed by atoms with Crippen molar-refractivity contribution in [2.24, 2.45) is 0 Å². The van der Waals surface area contributed by atoms with Gasteiger partial charge in [0.05, 0.1) is 12.0 Å². The smallest absolute Gasteiger partial charge is 0.326 e. The molecular weight excluding hydrogens is 374 g/mol. The van der Waals surface area contributed by atoms with Gasteiger partial charge in [-0.2, -0.15) is 0 Å². The molecule has 0 aliphatic carbocycles. The van der Waals surface area contributed by atoms with Crippen molar-refractivity contribution < 1.29 is 23.8 Å². The molecule has 0 saturated carbocycles. The summed E-state index contributed by atoms with van der Waals surface area (Å²) in [5.41, 5.74) is 0.873. The van der Waals surface area contributed by atoms with Crippen LogP contribution in [-0.4, -0.2) is 39.4 Å². The number of hydrogen-bond acceptors (Lipinski definition) is 6. The van der Waals surface area contributed by atoms with Crippen molar-refractivity contribution in [3.63, 3.8) is 0 Å². The first-order valence-electron chi connectivity index (χ1n) is 7.65.